The zero-order valence-corrected chi connectivity index (χ0v) is 22.1. The molecule has 3 rings (SSSR count). The molecule has 0 aliphatic carbocycles. The molecule has 0 bridgehead atoms. The van der Waals surface area contributed by atoms with E-state index in [0.717, 1.165) is 55.6 Å². The van der Waals surface area contributed by atoms with Crippen LogP contribution in [0.25, 0.3) is 6.08 Å². The molecule has 0 radical (unpaired) electrons. The molecular formula is C27H43NO3S. The van der Waals surface area contributed by atoms with E-state index in [2.05, 4.69) is 58.0 Å². The molecule has 0 saturated carbocycles. The van der Waals surface area contributed by atoms with E-state index in [-0.39, 0.29) is 23.2 Å². The molecule has 0 amide bonds. The summed E-state index contributed by atoms with van der Waals surface area (Å²) in [6.45, 7) is 15.5. The number of aryl methyl sites for hydroxylation is 1. The van der Waals surface area contributed by atoms with Gasteiger partial charge in [-0.1, -0.05) is 33.1 Å². The number of fused-ring (bicyclic) bond motifs is 1. The highest BCUT2D eigenvalue weighted by atomic mass is 32.1. The molecule has 180 valence electrons. The third-order valence-corrected chi connectivity index (χ3v) is 9.10. The van der Waals surface area contributed by atoms with Crippen LogP contribution in [0.4, 0.5) is 0 Å². The van der Waals surface area contributed by atoms with Crippen LogP contribution in [0.5, 0.6) is 0 Å². The maximum absolute atomic E-state index is 12.3. The molecule has 2 aliphatic rings. The van der Waals surface area contributed by atoms with E-state index in [1.54, 1.807) is 11.3 Å². The second kappa shape index (κ2) is 10.1. The fourth-order valence-electron chi connectivity index (χ4n) is 5.34. The van der Waals surface area contributed by atoms with Gasteiger partial charge in [0, 0.05) is 23.6 Å². The fourth-order valence-corrected chi connectivity index (χ4v) is 5.91. The lowest BCUT2D eigenvalue weighted by Gasteiger charge is -2.49. The predicted molar refractivity (Wildman–Crippen MR) is 133 cm³/mol. The lowest BCUT2D eigenvalue weighted by molar-refractivity contribution is -0.141. The van der Waals surface area contributed by atoms with Crippen molar-refractivity contribution in [2.75, 3.05) is 0 Å². The van der Waals surface area contributed by atoms with Crippen molar-refractivity contribution in [1.82, 2.24) is 4.98 Å². The van der Waals surface area contributed by atoms with Crippen molar-refractivity contribution in [1.29, 1.82) is 0 Å². The maximum atomic E-state index is 12.3. The van der Waals surface area contributed by atoms with E-state index in [0.29, 0.717) is 12.2 Å². The third kappa shape index (κ3) is 5.37. The van der Waals surface area contributed by atoms with Gasteiger partial charge in [-0.05, 0) is 72.0 Å². The number of carbonyl (C=O) groups excluding carboxylic acids is 1. The number of thiazole rings is 1. The number of ether oxygens (including phenoxy) is 2. The van der Waals surface area contributed by atoms with Gasteiger partial charge in [0.2, 0.25) is 0 Å². The Labute approximate surface area is 199 Å². The molecule has 4 nitrogen and oxygen atoms in total. The smallest absolute Gasteiger partial charge is 0.132 e. The number of aromatic nitrogens is 1. The number of Topliss-reactive ketones (excluding diaryl/α,β-unsaturated/α-hetero) is 1. The van der Waals surface area contributed by atoms with E-state index in [9.17, 15) is 4.79 Å². The van der Waals surface area contributed by atoms with Crippen molar-refractivity contribution in [3.63, 3.8) is 0 Å². The van der Waals surface area contributed by atoms with Crippen molar-refractivity contribution in [3.8, 4) is 0 Å². The highest BCUT2D eigenvalue weighted by molar-refractivity contribution is 7.09. The number of rotatable bonds is 2. The normalized spacial score (nSPS) is 35.3. The summed E-state index contributed by atoms with van der Waals surface area (Å²) in [4.78, 5) is 16.9. The van der Waals surface area contributed by atoms with Gasteiger partial charge in [0.05, 0.1) is 28.5 Å². The second-order valence-electron chi connectivity index (χ2n) is 10.8. The lowest BCUT2D eigenvalue weighted by Crippen LogP contribution is -2.55. The molecule has 32 heavy (non-hydrogen) atoms. The number of hydrogen-bond acceptors (Lipinski definition) is 5. The monoisotopic (exact) mass is 461 g/mol. The predicted octanol–water partition coefficient (Wildman–Crippen LogP) is 7.30. The van der Waals surface area contributed by atoms with E-state index in [1.807, 2.05) is 6.92 Å². The number of ketones is 1. The molecule has 2 fully saturated rings. The minimum atomic E-state index is -0.519. The Morgan fingerprint density at radius 2 is 1.75 bits per heavy atom. The second-order valence-corrected chi connectivity index (χ2v) is 11.9. The van der Waals surface area contributed by atoms with E-state index < -0.39 is 5.60 Å². The average Bonchev–Trinajstić information content (AvgIpc) is 3.22. The van der Waals surface area contributed by atoms with Crippen LogP contribution in [0.2, 0.25) is 0 Å². The Balaban J connectivity index is 1.91. The molecule has 4 unspecified atom stereocenters. The Hall–Kier alpha value is -1.04. The summed E-state index contributed by atoms with van der Waals surface area (Å²) in [6.07, 6.45) is 11.3. The summed E-state index contributed by atoms with van der Waals surface area (Å²) >= 11 is 1.67. The minimum absolute atomic E-state index is 0.0568. The van der Waals surface area contributed by atoms with Crippen molar-refractivity contribution in [3.05, 3.63) is 21.7 Å². The Kier molecular flexibility index (Phi) is 8.05. The molecule has 1 aromatic heterocycles. The van der Waals surface area contributed by atoms with Crippen LogP contribution in [0, 0.1) is 12.3 Å². The van der Waals surface area contributed by atoms with Crippen LogP contribution < -0.4 is 0 Å². The Bertz CT molecular complexity index is 829. The van der Waals surface area contributed by atoms with Gasteiger partial charge in [-0.25, -0.2) is 4.98 Å². The van der Waals surface area contributed by atoms with Crippen LogP contribution >= 0.6 is 11.3 Å². The first-order valence-electron chi connectivity index (χ1n) is 12.5. The van der Waals surface area contributed by atoms with Gasteiger partial charge < -0.3 is 9.47 Å². The molecular weight excluding hydrogens is 418 g/mol. The minimum Gasteiger partial charge on any atom is -0.367 e. The number of carbonyl (C=O) groups is 1. The molecule has 0 aromatic carbocycles. The SMILES string of the molecule is CC(=Cc1csc(C)n1)C1(C)OC(C)CCCC(=O)CCCCCCC2OC2(C)C1(C)C. The summed E-state index contributed by atoms with van der Waals surface area (Å²) in [5.41, 5.74) is 1.19. The Morgan fingerprint density at radius 3 is 2.44 bits per heavy atom. The topological polar surface area (TPSA) is 51.7 Å². The molecule has 5 heteroatoms. The highest BCUT2D eigenvalue weighted by Crippen LogP contribution is 2.59. The van der Waals surface area contributed by atoms with Gasteiger partial charge in [0.1, 0.15) is 11.4 Å². The van der Waals surface area contributed by atoms with Crippen LogP contribution in [-0.2, 0) is 14.3 Å². The van der Waals surface area contributed by atoms with E-state index in [1.165, 1.54) is 12.0 Å². The first-order valence-corrected chi connectivity index (χ1v) is 13.4. The number of epoxide rings is 1. The quantitative estimate of drug-likeness (QED) is 0.434. The first-order chi connectivity index (χ1) is 15.0. The summed E-state index contributed by atoms with van der Waals surface area (Å²) < 4.78 is 13.3. The number of hydrogen-bond donors (Lipinski definition) is 0. The fraction of sp³-hybridized carbons (Fsp3) is 0.778. The van der Waals surface area contributed by atoms with Gasteiger partial charge in [-0.15, -0.1) is 11.3 Å². The van der Waals surface area contributed by atoms with Crippen LogP contribution in [0.1, 0.15) is 110 Å². The average molecular weight is 462 g/mol. The standard InChI is InChI=1S/C27H43NO3S/c1-19(17-22-18-32-21(3)28-22)26(6)25(4,5)27(7)24(31-27)16-11-9-8-10-14-23(29)15-12-13-20(2)30-26/h17-18,20,24H,8-16H2,1-7H3. The Morgan fingerprint density at radius 1 is 1.06 bits per heavy atom. The maximum Gasteiger partial charge on any atom is 0.132 e. The van der Waals surface area contributed by atoms with E-state index >= 15 is 0 Å². The van der Waals surface area contributed by atoms with Gasteiger partial charge >= 0.3 is 0 Å². The zero-order chi connectivity index (χ0) is 23.6. The first kappa shape index (κ1) is 25.6. The molecule has 0 spiro atoms. The van der Waals surface area contributed by atoms with E-state index in [4.69, 9.17) is 9.47 Å². The van der Waals surface area contributed by atoms with Crippen LogP contribution in [0.3, 0.4) is 0 Å². The number of nitrogens with zero attached hydrogens (tertiary/aromatic N) is 1. The van der Waals surface area contributed by atoms with Gasteiger partial charge in [0.15, 0.2) is 0 Å². The van der Waals surface area contributed by atoms with Crippen molar-refractivity contribution in [2.45, 2.75) is 130 Å². The largest absolute Gasteiger partial charge is 0.367 e. The van der Waals surface area contributed by atoms with Crippen LogP contribution in [-0.4, -0.2) is 34.2 Å². The summed E-state index contributed by atoms with van der Waals surface area (Å²) in [6, 6.07) is 0. The van der Waals surface area contributed by atoms with Crippen molar-refractivity contribution in [2.24, 2.45) is 5.41 Å². The molecule has 1 aromatic rings. The molecule has 2 saturated heterocycles. The van der Waals surface area contributed by atoms with Crippen molar-refractivity contribution >= 4 is 23.2 Å². The highest BCUT2D eigenvalue weighted by Gasteiger charge is 2.67. The molecule has 3 heterocycles. The third-order valence-electron chi connectivity index (χ3n) is 8.31. The van der Waals surface area contributed by atoms with Crippen LogP contribution in [0.15, 0.2) is 11.0 Å². The summed E-state index contributed by atoms with van der Waals surface area (Å²) in [7, 11) is 0. The molecule has 0 N–H and O–H groups in total. The van der Waals surface area contributed by atoms with Gasteiger partial charge in [0.25, 0.3) is 0 Å². The summed E-state index contributed by atoms with van der Waals surface area (Å²) in [5, 5.41) is 3.18. The molecule has 2 aliphatic heterocycles. The molecule has 4 atom stereocenters. The van der Waals surface area contributed by atoms with Gasteiger partial charge in [-0.2, -0.15) is 0 Å². The lowest BCUT2D eigenvalue weighted by atomic mass is 9.63. The van der Waals surface area contributed by atoms with Crippen molar-refractivity contribution < 1.29 is 14.3 Å². The summed E-state index contributed by atoms with van der Waals surface area (Å²) in [5.74, 6) is 0.403. The zero-order valence-electron chi connectivity index (χ0n) is 21.3. The van der Waals surface area contributed by atoms with Gasteiger partial charge in [-0.3, -0.25) is 4.79 Å².